The number of aromatic nitrogens is 3. The molecule has 2 aliphatic heterocycles. The van der Waals surface area contributed by atoms with Crippen molar-refractivity contribution in [1.29, 1.82) is 0 Å². The highest BCUT2D eigenvalue weighted by molar-refractivity contribution is 9.10. The molecule has 4 heterocycles. The van der Waals surface area contributed by atoms with Gasteiger partial charge < -0.3 is 4.90 Å². The van der Waals surface area contributed by atoms with Gasteiger partial charge >= 0.3 is 0 Å². The third-order valence-electron chi connectivity index (χ3n) is 5.73. The molecule has 0 bridgehead atoms. The number of amides is 1. The number of fused-ring (bicyclic) bond motifs is 2. The molecule has 1 aromatic carbocycles. The van der Waals surface area contributed by atoms with Gasteiger partial charge in [-0.15, -0.1) is 11.3 Å². The van der Waals surface area contributed by atoms with E-state index in [2.05, 4.69) is 25.9 Å². The normalized spacial score (nSPS) is 21.4. The van der Waals surface area contributed by atoms with Crippen molar-refractivity contribution in [3.05, 3.63) is 62.4 Å². The Bertz CT molecular complexity index is 1070. The van der Waals surface area contributed by atoms with E-state index in [4.69, 9.17) is 4.98 Å². The monoisotopic (exact) mass is 472 g/mol. The molecule has 2 atom stereocenters. The van der Waals surface area contributed by atoms with Crippen LogP contribution in [-0.2, 0) is 6.42 Å². The second-order valence-electron chi connectivity index (χ2n) is 7.52. The van der Waals surface area contributed by atoms with Crippen LogP contribution < -0.4 is 0 Å². The average Bonchev–Trinajstić information content (AvgIpc) is 3.18. The summed E-state index contributed by atoms with van der Waals surface area (Å²) in [5.41, 5.74) is 2.23. The van der Waals surface area contributed by atoms with Crippen LogP contribution in [-0.4, -0.2) is 38.3 Å². The molecule has 0 N–H and O–H groups in total. The Morgan fingerprint density at radius 3 is 2.83 bits per heavy atom. The molecule has 3 aromatic rings. The molecule has 2 aromatic heterocycles. The summed E-state index contributed by atoms with van der Waals surface area (Å²) in [4.78, 5) is 28.6. The van der Waals surface area contributed by atoms with Crippen LogP contribution in [0.4, 0.5) is 4.39 Å². The topological polar surface area (TPSA) is 59.0 Å². The highest BCUT2D eigenvalue weighted by Crippen LogP contribution is 2.37. The molecular formula is C21H18BrFN4OS. The molecular weight excluding hydrogens is 455 g/mol. The van der Waals surface area contributed by atoms with Crippen molar-refractivity contribution in [2.45, 2.75) is 37.6 Å². The summed E-state index contributed by atoms with van der Waals surface area (Å²) >= 11 is 4.94. The first-order valence-electron chi connectivity index (χ1n) is 9.61. The maximum absolute atomic E-state index is 13.6. The van der Waals surface area contributed by atoms with E-state index in [9.17, 15) is 9.18 Å². The lowest BCUT2D eigenvalue weighted by molar-refractivity contribution is 0.0588. The van der Waals surface area contributed by atoms with Crippen molar-refractivity contribution in [3.63, 3.8) is 0 Å². The minimum Gasteiger partial charge on any atom is -0.335 e. The first-order valence-corrected chi connectivity index (χ1v) is 11.3. The fourth-order valence-electron chi connectivity index (χ4n) is 4.25. The van der Waals surface area contributed by atoms with Gasteiger partial charge in [0, 0.05) is 41.8 Å². The van der Waals surface area contributed by atoms with E-state index in [1.165, 1.54) is 12.1 Å². The van der Waals surface area contributed by atoms with E-state index < -0.39 is 0 Å². The zero-order chi connectivity index (χ0) is 20.0. The Morgan fingerprint density at radius 2 is 2.00 bits per heavy atom. The highest BCUT2D eigenvalue weighted by atomic mass is 79.9. The van der Waals surface area contributed by atoms with Gasteiger partial charge in [-0.05, 0) is 65.4 Å². The fraction of sp³-hybridized carbons (Fsp3) is 0.333. The Hall–Kier alpha value is -2.19. The van der Waals surface area contributed by atoms with Crippen molar-refractivity contribution in [2.24, 2.45) is 0 Å². The van der Waals surface area contributed by atoms with Gasteiger partial charge in [0.1, 0.15) is 11.5 Å². The van der Waals surface area contributed by atoms with Gasteiger partial charge in [0.05, 0.1) is 9.48 Å². The number of aryl methyl sites for hydroxylation is 1. The van der Waals surface area contributed by atoms with Crippen LogP contribution in [0.15, 0.2) is 40.4 Å². The number of hydrogen-bond acceptors (Lipinski definition) is 5. The third-order valence-corrected chi connectivity index (χ3v) is 7.15. The summed E-state index contributed by atoms with van der Waals surface area (Å²) in [6, 6.07) is 4.73. The molecule has 0 radical (unpaired) electrons. The number of carbonyl (C=O) groups excluding carboxylic acids is 1. The Balaban J connectivity index is 1.39. The number of thiazole rings is 1. The molecule has 5 rings (SSSR count). The van der Waals surface area contributed by atoms with Gasteiger partial charge in [-0.1, -0.05) is 0 Å². The summed E-state index contributed by atoms with van der Waals surface area (Å²) in [7, 11) is 0. The van der Waals surface area contributed by atoms with E-state index >= 15 is 0 Å². The molecule has 1 saturated heterocycles. The molecule has 1 amide bonds. The lowest BCUT2D eigenvalue weighted by Gasteiger charge is -2.38. The van der Waals surface area contributed by atoms with Gasteiger partial charge in [0.25, 0.3) is 5.91 Å². The quantitative estimate of drug-likeness (QED) is 0.535. The van der Waals surface area contributed by atoms with Crippen LogP contribution >= 0.6 is 27.3 Å². The number of hydrogen-bond donors (Lipinski definition) is 0. The molecule has 148 valence electrons. The van der Waals surface area contributed by atoms with Crippen LogP contribution in [0.1, 0.15) is 46.1 Å². The van der Waals surface area contributed by atoms with Crippen LogP contribution in [0.2, 0.25) is 0 Å². The van der Waals surface area contributed by atoms with E-state index in [0.29, 0.717) is 17.9 Å². The number of benzene rings is 1. The highest BCUT2D eigenvalue weighted by Gasteiger charge is 2.36. The van der Waals surface area contributed by atoms with Gasteiger partial charge in [-0.2, -0.15) is 0 Å². The molecule has 0 saturated carbocycles. The standard InChI is InChI=1S/C21H18BrFN4OS/c22-14-8-24-19(25-9-14)18-11-29-20(26-18)13-2-5-16-4-1-12-7-15(23)3-6-17(12)21(28)27(16)10-13/h3,6-9,11,13,16H,1-2,4-5,10H2/t13-,16-/m1/s1. The summed E-state index contributed by atoms with van der Waals surface area (Å²) in [5, 5.41) is 2.99. The summed E-state index contributed by atoms with van der Waals surface area (Å²) in [6.45, 7) is 0.647. The average molecular weight is 473 g/mol. The summed E-state index contributed by atoms with van der Waals surface area (Å²) < 4.78 is 14.5. The minimum absolute atomic E-state index is 0.0141. The summed E-state index contributed by atoms with van der Waals surface area (Å²) in [6.07, 6.45) is 6.98. The van der Waals surface area contributed by atoms with E-state index in [-0.39, 0.29) is 23.7 Å². The molecule has 0 spiro atoms. The first kappa shape index (κ1) is 18.8. The second kappa shape index (κ2) is 7.57. The lowest BCUT2D eigenvalue weighted by Crippen LogP contribution is -2.45. The Kier molecular flexibility index (Phi) is 4.91. The van der Waals surface area contributed by atoms with Crippen molar-refractivity contribution in [2.75, 3.05) is 6.54 Å². The van der Waals surface area contributed by atoms with Crippen LogP contribution in [0.5, 0.6) is 0 Å². The third kappa shape index (κ3) is 3.59. The number of carbonyl (C=O) groups is 1. The SMILES string of the molecule is O=C1c2ccc(F)cc2CC[C@@H]2CC[C@@H](c3nc(-c4ncc(Br)cn4)cs3)CN12. The predicted molar refractivity (Wildman–Crippen MR) is 112 cm³/mol. The number of halogens is 2. The molecule has 29 heavy (non-hydrogen) atoms. The maximum Gasteiger partial charge on any atom is 0.254 e. The Morgan fingerprint density at radius 1 is 1.17 bits per heavy atom. The number of nitrogens with zero attached hydrogens (tertiary/aromatic N) is 4. The predicted octanol–water partition coefficient (Wildman–Crippen LogP) is 4.84. The molecule has 5 nitrogen and oxygen atoms in total. The molecule has 1 fully saturated rings. The zero-order valence-corrected chi connectivity index (χ0v) is 17.9. The second-order valence-corrected chi connectivity index (χ2v) is 9.33. The fourth-order valence-corrected chi connectivity index (χ4v) is 5.39. The van der Waals surface area contributed by atoms with E-state index in [1.807, 2.05) is 10.3 Å². The van der Waals surface area contributed by atoms with Crippen molar-refractivity contribution in [3.8, 4) is 11.5 Å². The molecule has 8 heteroatoms. The van der Waals surface area contributed by atoms with Gasteiger partial charge in [0.15, 0.2) is 5.82 Å². The number of rotatable bonds is 2. The molecule has 0 aliphatic carbocycles. The zero-order valence-electron chi connectivity index (χ0n) is 15.5. The van der Waals surface area contributed by atoms with Gasteiger partial charge in [0.2, 0.25) is 0 Å². The number of piperidine rings is 1. The lowest BCUT2D eigenvalue weighted by atomic mass is 9.91. The largest absolute Gasteiger partial charge is 0.335 e. The van der Waals surface area contributed by atoms with Gasteiger partial charge in [-0.3, -0.25) is 4.79 Å². The van der Waals surface area contributed by atoms with Crippen LogP contribution in [0.3, 0.4) is 0 Å². The Labute approximate surface area is 180 Å². The van der Waals surface area contributed by atoms with Crippen molar-refractivity contribution in [1.82, 2.24) is 19.9 Å². The smallest absolute Gasteiger partial charge is 0.254 e. The molecule has 0 unspecified atom stereocenters. The maximum atomic E-state index is 13.6. The first-order chi connectivity index (χ1) is 14.1. The minimum atomic E-state index is -0.278. The molecule has 2 aliphatic rings. The van der Waals surface area contributed by atoms with Crippen molar-refractivity contribution >= 4 is 33.2 Å². The van der Waals surface area contributed by atoms with Gasteiger partial charge in [-0.25, -0.2) is 19.3 Å². The van der Waals surface area contributed by atoms with E-state index in [0.717, 1.165) is 46.4 Å². The van der Waals surface area contributed by atoms with Crippen LogP contribution in [0, 0.1) is 5.82 Å². The summed E-state index contributed by atoms with van der Waals surface area (Å²) in [5.74, 6) is 0.539. The van der Waals surface area contributed by atoms with E-state index in [1.54, 1.807) is 29.8 Å². The van der Waals surface area contributed by atoms with Crippen LogP contribution in [0.25, 0.3) is 11.5 Å². The van der Waals surface area contributed by atoms with Crippen molar-refractivity contribution < 1.29 is 9.18 Å².